The zero-order chi connectivity index (χ0) is 8.81. The van der Waals surface area contributed by atoms with Crippen molar-refractivity contribution in [2.75, 3.05) is 6.61 Å². The zero-order valence-electron chi connectivity index (χ0n) is 6.33. The van der Waals surface area contributed by atoms with Crippen molar-refractivity contribution in [3.63, 3.8) is 0 Å². The standard InChI is InChI=1S/C8H8INO2/c9-10-8(11)6-12-7-4-2-1-3-5-7/h1-5H,6H2,(H,10,11)/p+1. The van der Waals surface area contributed by atoms with Crippen LogP contribution < -0.4 is 3.53 Å². The Morgan fingerprint density at radius 1 is 1.42 bits per heavy atom. The summed E-state index contributed by atoms with van der Waals surface area (Å²) in [5, 5.41) is 0. The van der Waals surface area contributed by atoms with Gasteiger partial charge in [0.05, 0.1) is 22.9 Å². The van der Waals surface area contributed by atoms with Crippen molar-refractivity contribution in [3.8, 4) is 5.75 Å². The Morgan fingerprint density at radius 3 is 2.67 bits per heavy atom. The normalized spacial score (nSPS) is 9.08. The second-order valence-corrected chi connectivity index (χ2v) is 2.71. The maximum atomic E-state index is 10.8. The molecule has 0 atom stereocenters. The number of rotatable bonds is 3. The third-order valence-electron chi connectivity index (χ3n) is 1.27. The van der Waals surface area contributed by atoms with E-state index in [1.807, 2.05) is 30.3 Å². The van der Waals surface area contributed by atoms with Gasteiger partial charge in [0.15, 0.2) is 0 Å². The van der Waals surface area contributed by atoms with Crippen molar-refractivity contribution in [3.05, 3.63) is 30.3 Å². The molecule has 0 aliphatic carbocycles. The largest absolute Gasteiger partial charge is 0.576 e. The van der Waals surface area contributed by atoms with Crippen molar-refractivity contribution >= 4 is 28.8 Å². The molecule has 1 rings (SSSR count). The molecule has 0 heterocycles. The summed E-state index contributed by atoms with van der Waals surface area (Å²) in [7, 11) is 0. The predicted octanol–water partition coefficient (Wildman–Crippen LogP) is 1.39. The average Bonchev–Trinajstić information content (AvgIpc) is 2.16. The Balaban J connectivity index is 2.38. The summed E-state index contributed by atoms with van der Waals surface area (Å²) in [6, 6.07) is 9.42. The van der Waals surface area contributed by atoms with Gasteiger partial charge in [0, 0.05) is 12.1 Å². The number of para-hydroxylation sites is 1. The minimum atomic E-state index is -0.0838. The van der Waals surface area contributed by atoms with Crippen LogP contribution in [0, 0.1) is 0 Å². The Labute approximate surface area is 84.6 Å². The maximum absolute atomic E-state index is 10.8. The van der Waals surface area contributed by atoms with Crippen LogP contribution in [0.3, 0.4) is 0 Å². The number of halogens is 1. The number of hydrogen-bond acceptors (Lipinski definition) is 1. The molecule has 1 aromatic carbocycles. The number of hydrogen-bond donors (Lipinski definition) is 1. The van der Waals surface area contributed by atoms with E-state index in [1.54, 1.807) is 22.9 Å². The first-order valence-corrected chi connectivity index (χ1v) is 4.53. The lowest BCUT2D eigenvalue weighted by Gasteiger charge is -2.00. The molecule has 64 valence electrons. The highest BCUT2D eigenvalue weighted by Gasteiger charge is 2.02. The van der Waals surface area contributed by atoms with Crippen molar-refractivity contribution < 1.29 is 9.53 Å². The quantitative estimate of drug-likeness (QED) is 0.507. The molecule has 0 saturated carbocycles. The van der Waals surface area contributed by atoms with Gasteiger partial charge in [0.2, 0.25) is 0 Å². The van der Waals surface area contributed by atoms with E-state index in [9.17, 15) is 4.79 Å². The first kappa shape index (κ1) is 9.31. The topological polar surface area (TPSA) is 41.9 Å². The molecular formula is C8H9INO2+. The molecule has 0 aliphatic heterocycles. The fraction of sp³-hybridized carbons (Fsp3) is 0.125. The summed E-state index contributed by atoms with van der Waals surface area (Å²) < 4.78 is 6.53. The fourth-order valence-electron chi connectivity index (χ4n) is 0.726. The summed E-state index contributed by atoms with van der Waals surface area (Å²) in [4.78, 5) is 10.8. The molecule has 0 fully saturated rings. The van der Waals surface area contributed by atoms with Crippen LogP contribution in [-0.2, 0) is 4.79 Å². The SMILES string of the molecule is O=C(C[OH+]c1ccccc1)NI. The van der Waals surface area contributed by atoms with Crippen LogP contribution in [0.2, 0.25) is 0 Å². The van der Waals surface area contributed by atoms with E-state index in [2.05, 4.69) is 8.27 Å². The van der Waals surface area contributed by atoms with Crippen LogP contribution in [0.4, 0.5) is 0 Å². The molecule has 2 N–H and O–H groups in total. The van der Waals surface area contributed by atoms with E-state index < -0.39 is 0 Å². The lowest BCUT2D eigenvalue weighted by atomic mass is 10.3. The first-order chi connectivity index (χ1) is 5.83. The van der Waals surface area contributed by atoms with Crippen LogP contribution in [0.25, 0.3) is 0 Å². The highest BCUT2D eigenvalue weighted by atomic mass is 127. The second-order valence-electron chi connectivity index (χ2n) is 2.17. The molecular weight excluding hydrogens is 269 g/mol. The molecule has 0 unspecified atom stereocenters. The molecule has 0 bridgehead atoms. The van der Waals surface area contributed by atoms with Crippen LogP contribution in [0.5, 0.6) is 5.75 Å². The summed E-state index contributed by atoms with van der Waals surface area (Å²) in [6.45, 7) is 0.187. The minimum absolute atomic E-state index is 0.0838. The van der Waals surface area contributed by atoms with Gasteiger partial charge in [-0.2, -0.15) is 0 Å². The summed E-state index contributed by atoms with van der Waals surface area (Å²) in [5.41, 5.74) is 0. The van der Waals surface area contributed by atoms with Crippen molar-refractivity contribution in [1.29, 1.82) is 0 Å². The lowest BCUT2D eigenvalue weighted by molar-refractivity contribution is -0.126. The molecule has 0 aliphatic rings. The third-order valence-corrected chi connectivity index (χ3v) is 1.87. The number of aromatic hydroxyl groups is 1. The van der Waals surface area contributed by atoms with Crippen molar-refractivity contribution in [2.24, 2.45) is 0 Å². The number of carbonyl (C=O) groups excluding carboxylic acids is 1. The zero-order valence-corrected chi connectivity index (χ0v) is 8.48. The van der Waals surface area contributed by atoms with Crippen LogP contribution in [0.15, 0.2) is 30.3 Å². The minimum Gasteiger partial charge on any atom is -0.576 e. The smallest absolute Gasteiger partial charge is 0.316 e. The van der Waals surface area contributed by atoms with Crippen LogP contribution in [-0.4, -0.2) is 17.3 Å². The summed E-state index contributed by atoms with van der Waals surface area (Å²) in [6.07, 6.45) is 0. The van der Waals surface area contributed by atoms with Crippen molar-refractivity contribution in [1.82, 2.24) is 3.53 Å². The predicted molar refractivity (Wildman–Crippen MR) is 55.1 cm³/mol. The molecule has 0 saturated heterocycles. The Hall–Kier alpha value is -0.780. The van der Waals surface area contributed by atoms with Crippen LogP contribution >= 0.6 is 22.9 Å². The van der Waals surface area contributed by atoms with Crippen molar-refractivity contribution in [2.45, 2.75) is 0 Å². The monoisotopic (exact) mass is 278 g/mol. The highest BCUT2D eigenvalue weighted by Crippen LogP contribution is 2.08. The van der Waals surface area contributed by atoms with E-state index >= 15 is 0 Å². The first-order valence-electron chi connectivity index (χ1n) is 3.45. The molecule has 0 aromatic heterocycles. The lowest BCUT2D eigenvalue weighted by Crippen LogP contribution is -2.18. The molecule has 4 heteroatoms. The molecule has 3 nitrogen and oxygen atoms in total. The molecule has 1 amide bonds. The number of aliphatic hydroxyl groups is 1. The Bertz CT molecular complexity index is 250. The number of carbonyl (C=O) groups is 1. The third kappa shape index (κ3) is 3.08. The average molecular weight is 278 g/mol. The van der Waals surface area contributed by atoms with E-state index in [0.717, 1.165) is 5.75 Å². The molecule has 12 heavy (non-hydrogen) atoms. The number of benzene rings is 1. The van der Waals surface area contributed by atoms with E-state index in [1.165, 1.54) is 0 Å². The Morgan fingerprint density at radius 2 is 2.08 bits per heavy atom. The van der Waals surface area contributed by atoms with Gasteiger partial charge >= 0.3 is 5.91 Å². The van der Waals surface area contributed by atoms with Gasteiger partial charge in [-0.25, -0.2) is 0 Å². The number of amides is 1. The van der Waals surface area contributed by atoms with Gasteiger partial charge in [0.1, 0.15) is 0 Å². The Kier molecular flexibility index (Phi) is 3.86. The fourth-order valence-corrected chi connectivity index (χ4v) is 0.897. The van der Waals surface area contributed by atoms with Crippen LogP contribution in [0.1, 0.15) is 0 Å². The summed E-state index contributed by atoms with van der Waals surface area (Å²) in [5.74, 6) is 0.747. The molecule has 0 radical (unpaired) electrons. The van der Waals surface area contributed by atoms with E-state index in [4.69, 9.17) is 0 Å². The number of ether oxygens (including phenoxy) is 1. The van der Waals surface area contributed by atoms with Gasteiger partial charge in [0.25, 0.3) is 12.4 Å². The van der Waals surface area contributed by atoms with Gasteiger partial charge in [-0.3, -0.25) is 8.32 Å². The molecule has 0 spiro atoms. The van der Waals surface area contributed by atoms with Gasteiger partial charge < -0.3 is 4.74 Å². The number of nitrogens with one attached hydrogen (secondary N) is 1. The van der Waals surface area contributed by atoms with E-state index in [-0.39, 0.29) is 12.5 Å². The van der Waals surface area contributed by atoms with Gasteiger partial charge in [-0.1, -0.05) is 18.2 Å². The second kappa shape index (κ2) is 4.97. The summed E-state index contributed by atoms with van der Waals surface area (Å²) >= 11 is 1.80. The van der Waals surface area contributed by atoms with E-state index in [0.29, 0.717) is 0 Å². The molecule has 1 aromatic rings. The highest BCUT2D eigenvalue weighted by molar-refractivity contribution is 14.1. The van der Waals surface area contributed by atoms with Gasteiger partial charge in [-0.05, 0) is 0 Å². The maximum Gasteiger partial charge on any atom is 0.316 e. The van der Waals surface area contributed by atoms with Gasteiger partial charge in [-0.15, -0.1) is 0 Å².